The molecule has 0 radical (unpaired) electrons. The highest BCUT2D eigenvalue weighted by Crippen LogP contribution is 2.25. The first-order valence-electron chi connectivity index (χ1n) is 7.29. The lowest BCUT2D eigenvalue weighted by atomic mass is 9.95. The van der Waals surface area contributed by atoms with Crippen LogP contribution in [-0.4, -0.2) is 34.3 Å². The molecule has 5 heteroatoms. The zero-order valence-electron chi connectivity index (χ0n) is 12.0. The summed E-state index contributed by atoms with van der Waals surface area (Å²) in [7, 11) is 0. The average Bonchev–Trinajstić information content (AvgIpc) is 2.67. The molecule has 1 saturated heterocycles. The number of hydrogen-bond acceptors (Lipinski definition) is 3. The van der Waals surface area contributed by atoms with Gasteiger partial charge in [-0.1, -0.05) is 0 Å². The molecule has 19 heavy (non-hydrogen) atoms. The molecule has 1 aromatic heterocycles. The monoisotopic (exact) mass is 328 g/mol. The van der Waals surface area contributed by atoms with E-state index in [1.807, 2.05) is 0 Å². The molecular formula is C14H25BrN4. The van der Waals surface area contributed by atoms with Gasteiger partial charge >= 0.3 is 0 Å². The summed E-state index contributed by atoms with van der Waals surface area (Å²) in [5.41, 5.74) is 8.09. The van der Waals surface area contributed by atoms with Crippen molar-refractivity contribution in [3.05, 3.63) is 15.9 Å². The molecule has 1 atom stereocenters. The van der Waals surface area contributed by atoms with Gasteiger partial charge in [0.2, 0.25) is 0 Å². The molecule has 0 spiro atoms. The van der Waals surface area contributed by atoms with Crippen LogP contribution in [0.2, 0.25) is 0 Å². The SMILES string of the molecule is CCn1nc(C)c(Br)c1CN1CCCC(CCN)C1. The third-order valence-corrected chi connectivity index (χ3v) is 5.04. The van der Waals surface area contributed by atoms with E-state index in [1.54, 1.807) is 0 Å². The zero-order valence-corrected chi connectivity index (χ0v) is 13.6. The van der Waals surface area contributed by atoms with Gasteiger partial charge in [0, 0.05) is 19.6 Å². The number of aryl methyl sites for hydroxylation is 2. The number of rotatable bonds is 5. The molecule has 1 unspecified atom stereocenters. The Labute approximate surface area is 124 Å². The maximum Gasteiger partial charge on any atom is 0.0739 e. The minimum Gasteiger partial charge on any atom is -0.330 e. The lowest BCUT2D eigenvalue weighted by Gasteiger charge is -2.32. The van der Waals surface area contributed by atoms with Gasteiger partial charge in [-0.15, -0.1) is 0 Å². The molecule has 0 bridgehead atoms. The molecule has 108 valence electrons. The topological polar surface area (TPSA) is 47.1 Å². The van der Waals surface area contributed by atoms with E-state index in [0.29, 0.717) is 0 Å². The zero-order chi connectivity index (χ0) is 13.8. The van der Waals surface area contributed by atoms with Crippen molar-refractivity contribution >= 4 is 15.9 Å². The lowest BCUT2D eigenvalue weighted by Crippen LogP contribution is -2.36. The van der Waals surface area contributed by atoms with E-state index < -0.39 is 0 Å². The third kappa shape index (κ3) is 3.58. The summed E-state index contributed by atoms with van der Waals surface area (Å²) >= 11 is 3.68. The van der Waals surface area contributed by atoms with Crippen molar-refractivity contribution in [2.45, 2.75) is 46.2 Å². The molecule has 2 N–H and O–H groups in total. The Morgan fingerprint density at radius 3 is 2.95 bits per heavy atom. The predicted octanol–water partition coefficient (Wildman–Crippen LogP) is 2.53. The van der Waals surface area contributed by atoms with Crippen LogP contribution < -0.4 is 5.73 Å². The summed E-state index contributed by atoms with van der Waals surface area (Å²) in [5.74, 6) is 0.775. The molecule has 2 rings (SSSR count). The summed E-state index contributed by atoms with van der Waals surface area (Å²) in [6, 6.07) is 0. The Hall–Kier alpha value is -0.390. The van der Waals surface area contributed by atoms with Gasteiger partial charge in [0.15, 0.2) is 0 Å². The molecule has 0 aromatic carbocycles. The van der Waals surface area contributed by atoms with Crippen molar-refractivity contribution in [2.75, 3.05) is 19.6 Å². The summed E-state index contributed by atoms with van der Waals surface area (Å²) in [6.45, 7) is 9.33. The fourth-order valence-corrected chi connectivity index (χ4v) is 3.41. The number of hydrogen-bond donors (Lipinski definition) is 1. The van der Waals surface area contributed by atoms with Crippen LogP contribution in [0, 0.1) is 12.8 Å². The first kappa shape index (κ1) is 15.0. The lowest BCUT2D eigenvalue weighted by molar-refractivity contribution is 0.159. The number of nitrogens with zero attached hydrogens (tertiary/aromatic N) is 3. The van der Waals surface area contributed by atoms with Gasteiger partial charge in [0.25, 0.3) is 0 Å². The Balaban J connectivity index is 2.04. The van der Waals surface area contributed by atoms with Crippen LogP contribution in [0.4, 0.5) is 0 Å². The second-order valence-corrected chi connectivity index (χ2v) is 6.28. The van der Waals surface area contributed by atoms with Crippen molar-refractivity contribution in [2.24, 2.45) is 11.7 Å². The van der Waals surface area contributed by atoms with E-state index >= 15 is 0 Å². The highest BCUT2D eigenvalue weighted by molar-refractivity contribution is 9.10. The van der Waals surface area contributed by atoms with Gasteiger partial charge in [0.1, 0.15) is 0 Å². The van der Waals surface area contributed by atoms with Gasteiger partial charge in [-0.25, -0.2) is 0 Å². The number of halogens is 1. The van der Waals surface area contributed by atoms with Crippen LogP contribution in [0.3, 0.4) is 0 Å². The van der Waals surface area contributed by atoms with E-state index in [1.165, 1.54) is 36.1 Å². The third-order valence-electron chi connectivity index (χ3n) is 4.00. The van der Waals surface area contributed by atoms with Crippen molar-refractivity contribution in [1.29, 1.82) is 0 Å². The van der Waals surface area contributed by atoms with Crippen LogP contribution in [0.15, 0.2) is 4.47 Å². The first-order valence-corrected chi connectivity index (χ1v) is 8.09. The Morgan fingerprint density at radius 1 is 1.47 bits per heavy atom. The van der Waals surface area contributed by atoms with E-state index in [-0.39, 0.29) is 0 Å². The summed E-state index contributed by atoms with van der Waals surface area (Å²) in [5, 5.41) is 4.57. The Bertz CT molecular complexity index is 414. The Morgan fingerprint density at radius 2 is 2.26 bits per heavy atom. The maximum atomic E-state index is 5.69. The number of nitrogens with two attached hydrogens (primary N) is 1. The van der Waals surface area contributed by atoms with Crippen LogP contribution in [0.5, 0.6) is 0 Å². The molecule has 1 aliphatic heterocycles. The van der Waals surface area contributed by atoms with Crippen LogP contribution in [0.1, 0.15) is 37.6 Å². The van der Waals surface area contributed by atoms with Gasteiger partial charge in [0.05, 0.1) is 15.9 Å². The van der Waals surface area contributed by atoms with Crippen molar-refractivity contribution in [1.82, 2.24) is 14.7 Å². The second kappa shape index (κ2) is 6.86. The van der Waals surface area contributed by atoms with Gasteiger partial charge in [-0.05, 0) is 68.0 Å². The van der Waals surface area contributed by atoms with E-state index in [4.69, 9.17) is 5.73 Å². The molecule has 1 aliphatic rings. The van der Waals surface area contributed by atoms with Crippen LogP contribution >= 0.6 is 15.9 Å². The van der Waals surface area contributed by atoms with E-state index in [9.17, 15) is 0 Å². The summed E-state index contributed by atoms with van der Waals surface area (Å²) in [4.78, 5) is 2.55. The van der Waals surface area contributed by atoms with Crippen molar-refractivity contribution in [3.8, 4) is 0 Å². The predicted molar refractivity (Wildman–Crippen MR) is 82.0 cm³/mol. The molecule has 1 aromatic rings. The van der Waals surface area contributed by atoms with E-state index in [0.717, 1.165) is 37.7 Å². The Kier molecular flexibility index (Phi) is 5.42. The number of piperidine rings is 1. The van der Waals surface area contributed by atoms with Crippen LogP contribution in [-0.2, 0) is 13.1 Å². The van der Waals surface area contributed by atoms with Gasteiger partial charge in [-0.2, -0.15) is 5.10 Å². The first-order chi connectivity index (χ1) is 9.15. The normalized spacial score (nSPS) is 20.9. The molecule has 0 aliphatic carbocycles. The second-order valence-electron chi connectivity index (χ2n) is 5.48. The van der Waals surface area contributed by atoms with Crippen molar-refractivity contribution in [3.63, 3.8) is 0 Å². The quantitative estimate of drug-likeness (QED) is 0.903. The number of aromatic nitrogens is 2. The minimum absolute atomic E-state index is 0.775. The fraction of sp³-hybridized carbons (Fsp3) is 0.786. The van der Waals surface area contributed by atoms with Crippen molar-refractivity contribution < 1.29 is 0 Å². The standard InChI is InChI=1S/C14H25BrN4/c1-3-19-13(14(15)11(2)17-19)10-18-8-4-5-12(9-18)6-7-16/h12H,3-10,16H2,1-2H3. The van der Waals surface area contributed by atoms with Crippen LogP contribution in [0.25, 0.3) is 0 Å². The molecule has 1 fully saturated rings. The summed E-state index contributed by atoms with van der Waals surface area (Å²) in [6.07, 6.45) is 3.78. The molecule has 4 nitrogen and oxygen atoms in total. The molecule has 0 amide bonds. The average molecular weight is 329 g/mol. The highest BCUT2D eigenvalue weighted by Gasteiger charge is 2.22. The molecular weight excluding hydrogens is 304 g/mol. The highest BCUT2D eigenvalue weighted by atomic mass is 79.9. The largest absolute Gasteiger partial charge is 0.330 e. The molecule has 2 heterocycles. The maximum absolute atomic E-state index is 5.69. The van der Waals surface area contributed by atoms with Gasteiger partial charge in [-0.3, -0.25) is 9.58 Å². The minimum atomic E-state index is 0.775. The fourth-order valence-electron chi connectivity index (χ4n) is 3.00. The molecule has 0 saturated carbocycles. The number of likely N-dealkylation sites (tertiary alicyclic amines) is 1. The van der Waals surface area contributed by atoms with E-state index in [2.05, 4.69) is 44.5 Å². The van der Waals surface area contributed by atoms with Gasteiger partial charge < -0.3 is 5.73 Å². The summed E-state index contributed by atoms with van der Waals surface area (Å²) < 4.78 is 3.29. The smallest absolute Gasteiger partial charge is 0.0739 e.